The molecule has 0 aliphatic carbocycles. The van der Waals surface area contributed by atoms with Crippen molar-refractivity contribution in [1.29, 1.82) is 0 Å². The molecule has 21 heavy (non-hydrogen) atoms. The minimum Gasteiger partial charge on any atom is -0.497 e. The Morgan fingerprint density at radius 2 is 2.05 bits per heavy atom. The van der Waals surface area contributed by atoms with E-state index in [-0.39, 0.29) is 11.7 Å². The third-order valence-corrected chi connectivity index (χ3v) is 3.36. The number of anilines is 1. The van der Waals surface area contributed by atoms with Gasteiger partial charge in [-0.3, -0.25) is 10.1 Å². The van der Waals surface area contributed by atoms with Crippen molar-refractivity contribution < 1.29 is 9.66 Å². The zero-order chi connectivity index (χ0) is 15.4. The van der Waals surface area contributed by atoms with E-state index in [1.165, 1.54) is 12.1 Å². The summed E-state index contributed by atoms with van der Waals surface area (Å²) < 4.78 is 5.18. The first-order chi connectivity index (χ1) is 10.0. The predicted octanol–water partition coefficient (Wildman–Crippen LogP) is 4.43. The molecule has 2 aromatic rings. The number of methoxy groups -OCH3 is 1. The number of hydrogen-bond donors (Lipinski definition) is 1. The number of hydrogen-bond acceptors (Lipinski definition) is 4. The highest BCUT2D eigenvalue weighted by Gasteiger charge is 2.16. The molecular formula is C15H15ClN2O3. The van der Waals surface area contributed by atoms with Crippen LogP contribution in [0.2, 0.25) is 5.02 Å². The Hall–Kier alpha value is -2.27. The summed E-state index contributed by atoms with van der Waals surface area (Å²) in [4.78, 5) is 10.6. The summed E-state index contributed by atoms with van der Waals surface area (Å²) in [5.41, 5.74) is 1.35. The quantitative estimate of drug-likeness (QED) is 0.655. The zero-order valence-corrected chi connectivity index (χ0v) is 12.4. The summed E-state index contributed by atoms with van der Waals surface area (Å²) in [5, 5.41) is 14.6. The lowest BCUT2D eigenvalue weighted by atomic mass is 10.1. The van der Waals surface area contributed by atoms with Crippen LogP contribution < -0.4 is 10.1 Å². The third kappa shape index (κ3) is 3.64. The molecular weight excluding hydrogens is 292 g/mol. The Morgan fingerprint density at radius 3 is 2.71 bits per heavy atom. The summed E-state index contributed by atoms with van der Waals surface area (Å²) in [6.45, 7) is 1.92. The Balaban J connectivity index is 2.28. The molecule has 0 heterocycles. The molecule has 0 fully saturated rings. The molecule has 0 bridgehead atoms. The van der Waals surface area contributed by atoms with Gasteiger partial charge in [0.25, 0.3) is 5.69 Å². The molecule has 2 aromatic carbocycles. The van der Waals surface area contributed by atoms with Gasteiger partial charge < -0.3 is 10.1 Å². The monoisotopic (exact) mass is 306 g/mol. The van der Waals surface area contributed by atoms with Gasteiger partial charge in [0.1, 0.15) is 11.4 Å². The molecule has 0 aliphatic heterocycles. The van der Waals surface area contributed by atoms with Crippen LogP contribution in [-0.4, -0.2) is 12.0 Å². The fourth-order valence-corrected chi connectivity index (χ4v) is 2.18. The topological polar surface area (TPSA) is 64.4 Å². The highest BCUT2D eigenvalue weighted by molar-refractivity contribution is 6.31. The fraction of sp³-hybridized carbons (Fsp3) is 0.200. The average molecular weight is 307 g/mol. The molecule has 0 aliphatic rings. The largest absolute Gasteiger partial charge is 0.497 e. The first kappa shape index (κ1) is 15.1. The average Bonchev–Trinajstić information content (AvgIpc) is 2.47. The normalized spacial score (nSPS) is 11.8. The van der Waals surface area contributed by atoms with Crippen LogP contribution in [0.25, 0.3) is 0 Å². The molecule has 5 nitrogen and oxygen atoms in total. The minimum absolute atomic E-state index is 0.00542. The van der Waals surface area contributed by atoms with Crippen molar-refractivity contribution in [3.63, 3.8) is 0 Å². The first-order valence-electron chi connectivity index (χ1n) is 6.35. The molecule has 1 N–H and O–H groups in total. The number of ether oxygens (including phenoxy) is 1. The van der Waals surface area contributed by atoms with Gasteiger partial charge in [0, 0.05) is 17.1 Å². The third-order valence-electron chi connectivity index (χ3n) is 3.12. The van der Waals surface area contributed by atoms with Crippen molar-refractivity contribution in [2.75, 3.05) is 12.4 Å². The van der Waals surface area contributed by atoms with Crippen molar-refractivity contribution >= 4 is 23.0 Å². The zero-order valence-electron chi connectivity index (χ0n) is 11.7. The predicted molar refractivity (Wildman–Crippen MR) is 83.1 cm³/mol. The molecule has 0 aromatic heterocycles. The molecule has 6 heteroatoms. The number of benzene rings is 2. The van der Waals surface area contributed by atoms with Crippen LogP contribution in [0, 0.1) is 10.1 Å². The Kier molecular flexibility index (Phi) is 4.65. The van der Waals surface area contributed by atoms with Gasteiger partial charge in [0.15, 0.2) is 0 Å². The number of nitrogens with one attached hydrogen (secondary N) is 1. The number of rotatable bonds is 5. The summed E-state index contributed by atoms with van der Waals surface area (Å²) in [6, 6.07) is 11.8. The molecule has 110 valence electrons. The van der Waals surface area contributed by atoms with Crippen molar-refractivity contribution in [3.8, 4) is 5.75 Å². The van der Waals surface area contributed by atoms with Gasteiger partial charge >= 0.3 is 0 Å². The second-order valence-corrected chi connectivity index (χ2v) is 5.00. The highest BCUT2D eigenvalue weighted by Crippen LogP contribution is 2.31. The number of nitro groups is 1. The van der Waals surface area contributed by atoms with Crippen LogP contribution in [0.15, 0.2) is 42.5 Å². The second-order valence-electron chi connectivity index (χ2n) is 4.56. The smallest absolute Gasteiger partial charge is 0.292 e. The van der Waals surface area contributed by atoms with Crippen LogP contribution in [0.4, 0.5) is 11.4 Å². The van der Waals surface area contributed by atoms with E-state index in [0.717, 1.165) is 11.3 Å². The maximum Gasteiger partial charge on any atom is 0.292 e. The molecule has 0 saturated heterocycles. The lowest BCUT2D eigenvalue weighted by Crippen LogP contribution is -2.08. The highest BCUT2D eigenvalue weighted by atomic mass is 35.5. The number of nitro benzene ring substituents is 1. The van der Waals surface area contributed by atoms with Gasteiger partial charge in [-0.25, -0.2) is 0 Å². The molecule has 0 spiro atoms. The van der Waals surface area contributed by atoms with Gasteiger partial charge in [0.2, 0.25) is 0 Å². The summed E-state index contributed by atoms with van der Waals surface area (Å²) in [7, 11) is 1.60. The molecule has 1 atom stereocenters. The minimum atomic E-state index is -0.434. The lowest BCUT2D eigenvalue weighted by molar-refractivity contribution is -0.384. The van der Waals surface area contributed by atoms with Gasteiger partial charge in [-0.2, -0.15) is 0 Å². The van der Waals surface area contributed by atoms with E-state index < -0.39 is 4.92 Å². The van der Waals surface area contributed by atoms with Gasteiger partial charge in [-0.1, -0.05) is 23.7 Å². The van der Waals surface area contributed by atoms with Crippen LogP contribution in [0.3, 0.4) is 0 Å². The Labute approximate surface area is 127 Å². The van der Waals surface area contributed by atoms with Crippen LogP contribution in [-0.2, 0) is 0 Å². The van der Waals surface area contributed by atoms with Crippen molar-refractivity contribution in [3.05, 3.63) is 63.2 Å². The summed E-state index contributed by atoms with van der Waals surface area (Å²) >= 11 is 5.92. The maximum atomic E-state index is 11.1. The summed E-state index contributed by atoms with van der Waals surface area (Å²) in [5.74, 6) is 0.738. The first-order valence-corrected chi connectivity index (χ1v) is 6.73. The standard InChI is InChI=1S/C15H15ClN2O3/c1-10(11-4-3-5-13(8-11)21-2)17-14-9-12(16)6-7-15(14)18(19)20/h3-10,17H,1-2H3. The van der Waals surface area contributed by atoms with E-state index >= 15 is 0 Å². The van der Waals surface area contributed by atoms with E-state index in [0.29, 0.717) is 10.7 Å². The van der Waals surface area contributed by atoms with E-state index in [4.69, 9.17) is 16.3 Å². The van der Waals surface area contributed by atoms with Gasteiger partial charge in [0.05, 0.1) is 12.0 Å². The lowest BCUT2D eigenvalue weighted by Gasteiger charge is -2.16. The molecule has 0 amide bonds. The Bertz CT molecular complexity index is 661. The number of nitrogens with zero attached hydrogens (tertiary/aromatic N) is 1. The van der Waals surface area contributed by atoms with E-state index in [9.17, 15) is 10.1 Å². The maximum absolute atomic E-state index is 11.1. The SMILES string of the molecule is COc1cccc(C(C)Nc2cc(Cl)ccc2[N+](=O)[O-])c1. The van der Waals surface area contributed by atoms with E-state index in [1.54, 1.807) is 13.2 Å². The molecule has 1 unspecified atom stereocenters. The van der Waals surface area contributed by atoms with Crippen molar-refractivity contribution in [2.24, 2.45) is 0 Å². The van der Waals surface area contributed by atoms with Crippen LogP contribution in [0.1, 0.15) is 18.5 Å². The number of halogens is 1. The van der Waals surface area contributed by atoms with Crippen LogP contribution >= 0.6 is 11.6 Å². The van der Waals surface area contributed by atoms with E-state index in [2.05, 4.69) is 5.32 Å². The second kappa shape index (κ2) is 6.45. The summed E-state index contributed by atoms with van der Waals surface area (Å²) in [6.07, 6.45) is 0. The Morgan fingerprint density at radius 1 is 1.29 bits per heavy atom. The molecule has 2 rings (SSSR count). The molecule has 0 saturated carbocycles. The fourth-order valence-electron chi connectivity index (χ4n) is 2.01. The van der Waals surface area contributed by atoms with Crippen molar-refractivity contribution in [2.45, 2.75) is 13.0 Å². The van der Waals surface area contributed by atoms with Gasteiger partial charge in [-0.05, 0) is 36.8 Å². The molecule has 0 radical (unpaired) electrons. The van der Waals surface area contributed by atoms with E-state index in [1.807, 2.05) is 31.2 Å². The van der Waals surface area contributed by atoms with Gasteiger partial charge in [-0.15, -0.1) is 0 Å². The van der Waals surface area contributed by atoms with Crippen LogP contribution in [0.5, 0.6) is 5.75 Å². The van der Waals surface area contributed by atoms with Crippen molar-refractivity contribution in [1.82, 2.24) is 0 Å².